The van der Waals surface area contributed by atoms with Crippen LogP contribution in [0.15, 0.2) is 35.6 Å². The van der Waals surface area contributed by atoms with Gasteiger partial charge in [0, 0.05) is 26.7 Å². The van der Waals surface area contributed by atoms with Gasteiger partial charge in [-0.1, -0.05) is 17.7 Å². The van der Waals surface area contributed by atoms with Crippen molar-refractivity contribution in [1.29, 1.82) is 0 Å². The van der Waals surface area contributed by atoms with E-state index in [0.717, 1.165) is 5.69 Å². The zero-order valence-corrected chi connectivity index (χ0v) is 12.2. The number of carbonyl (C=O) groups is 1. The molecule has 2 aromatic rings. The number of ketones is 1. The molecule has 0 unspecified atom stereocenters. The summed E-state index contributed by atoms with van der Waals surface area (Å²) in [5.41, 5.74) is 2.57. The van der Waals surface area contributed by atoms with Crippen LogP contribution in [0.2, 0.25) is 0 Å². The van der Waals surface area contributed by atoms with Crippen LogP contribution >= 0.6 is 0 Å². The summed E-state index contributed by atoms with van der Waals surface area (Å²) in [5, 5.41) is 0. The molecule has 0 fully saturated rings. The highest BCUT2D eigenvalue weighted by molar-refractivity contribution is 5.97. The van der Waals surface area contributed by atoms with Gasteiger partial charge in [0.2, 0.25) is 0 Å². The van der Waals surface area contributed by atoms with Gasteiger partial charge in [-0.25, -0.2) is 9.98 Å². The normalized spacial score (nSPS) is 11.0. The molecule has 0 aliphatic heterocycles. The van der Waals surface area contributed by atoms with Gasteiger partial charge in [-0.2, -0.15) is 0 Å². The van der Waals surface area contributed by atoms with Gasteiger partial charge in [0.1, 0.15) is 12.0 Å². The Morgan fingerprint density at radius 2 is 1.95 bits per heavy atom. The molecule has 0 saturated carbocycles. The van der Waals surface area contributed by atoms with Gasteiger partial charge >= 0.3 is 0 Å². The summed E-state index contributed by atoms with van der Waals surface area (Å²) in [5.74, 6) is 0.376. The monoisotopic (exact) mass is 270 g/mol. The van der Waals surface area contributed by atoms with Crippen molar-refractivity contribution in [3.05, 3.63) is 41.9 Å². The summed E-state index contributed by atoms with van der Waals surface area (Å²) < 4.78 is 1.77. The number of Topliss-reactive ketones (excluding diaryl/α,β-unsaturated/α-hetero) is 1. The van der Waals surface area contributed by atoms with Gasteiger partial charge in [-0.05, 0) is 19.1 Å². The molecule has 1 aromatic heterocycles. The van der Waals surface area contributed by atoms with E-state index in [1.165, 1.54) is 12.5 Å². The Morgan fingerprint density at radius 1 is 1.30 bits per heavy atom. The minimum Gasteiger partial charge on any atom is -0.369 e. The van der Waals surface area contributed by atoms with E-state index in [-0.39, 0.29) is 5.78 Å². The third-order valence-corrected chi connectivity index (χ3v) is 2.80. The van der Waals surface area contributed by atoms with Crippen LogP contribution in [0.5, 0.6) is 0 Å². The molecule has 0 aliphatic rings. The van der Waals surface area contributed by atoms with E-state index in [9.17, 15) is 4.79 Å². The molecule has 0 amide bonds. The second kappa shape index (κ2) is 5.69. The van der Waals surface area contributed by atoms with Crippen molar-refractivity contribution in [3.8, 4) is 5.69 Å². The third-order valence-electron chi connectivity index (χ3n) is 2.80. The molecule has 2 rings (SSSR count). The minimum absolute atomic E-state index is 0.0611. The minimum atomic E-state index is -0.0611. The molecule has 5 nitrogen and oxygen atoms in total. The lowest BCUT2D eigenvalue weighted by atomic mass is 10.2. The molecule has 0 spiro atoms. The number of nitrogens with zero attached hydrogens (tertiary/aromatic N) is 4. The predicted molar refractivity (Wildman–Crippen MR) is 80.1 cm³/mol. The summed E-state index contributed by atoms with van der Waals surface area (Å²) in [7, 11) is 3.74. The second-order valence-corrected chi connectivity index (χ2v) is 4.89. The number of hydrogen-bond acceptors (Lipinski definition) is 3. The number of imidazole rings is 1. The van der Waals surface area contributed by atoms with Gasteiger partial charge in [-0.3, -0.25) is 9.36 Å². The van der Waals surface area contributed by atoms with Crippen LogP contribution in [-0.2, 0) is 0 Å². The zero-order valence-electron chi connectivity index (χ0n) is 12.2. The third kappa shape index (κ3) is 2.93. The van der Waals surface area contributed by atoms with E-state index >= 15 is 0 Å². The second-order valence-electron chi connectivity index (χ2n) is 4.89. The fourth-order valence-corrected chi connectivity index (χ4v) is 1.83. The van der Waals surface area contributed by atoms with Gasteiger partial charge in [-0.15, -0.1) is 0 Å². The summed E-state index contributed by atoms with van der Waals surface area (Å²) >= 11 is 0. The summed E-state index contributed by atoms with van der Waals surface area (Å²) in [6, 6.07) is 7.93. The maximum absolute atomic E-state index is 11.9. The van der Waals surface area contributed by atoms with Crippen LogP contribution in [-0.4, -0.2) is 40.7 Å². The fraction of sp³-hybridized carbons (Fsp3) is 0.267. The van der Waals surface area contributed by atoms with Crippen molar-refractivity contribution in [2.75, 3.05) is 14.1 Å². The van der Waals surface area contributed by atoms with Crippen molar-refractivity contribution < 1.29 is 4.79 Å². The molecule has 0 saturated heterocycles. The summed E-state index contributed by atoms with van der Waals surface area (Å²) in [6.45, 7) is 3.55. The Balaban J connectivity index is 2.49. The average Bonchev–Trinajstić information content (AvgIpc) is 2.81. The first kappa shape index (κ1) is 14.0. The average molecular weight is 270 g/mol. The lowest BCUT2D eigenvalue weighted by Gasteiger charge is -2.07. The number of benzene rings is 1. The number of hydrogen-bond donors (Lipinski definition) is 0. The first-order valence-corrected chi connectivity index (χ1v) is 6.35. The van der Waals surface area contributed by atoms with Crippen LogP contribution in [0.4, 0.5) is 5.82 Å². The Kier molecular flexibility index (Phi) is 3.98. The van der Waals surface area contributed by atoms with E-state index in [1.54, 1.807) is 22.1 Å². The van der Waals surface area contributed by atoms with Crippen LogP contribution in [0.1, 0.15) is 23.0 Å². The van der Waals surface area contributed by atoms with E-state index in [4.69, 9.17) is 0 Å². The van der Waals surface area contributed by atoms with E-state index < -0.39 is 0 Å². The standard InChI is InChI=1S/C15H18N4O/c1-11-5-7-13(8-6-11)19-10-17-15(14(19)12(2)20)16-9-18(3)4/h5-10H,1-4H3/b16-9+. The van der Waals surface area contributed by atoms with Crippen molar-refractivity contribution in [2.24, 2.45) is 4.99 Å². The Labute approximate surface area is 118 Å². The van der Waals surface area contributed by atoms with Crippen LogP contribution in [0.25, 0.3) is 5.69 Å². The molecular weight excluding hydrogens is 252 g/mol. The van der Waals surface area contributed by atoms with Crippen LogP contribution in [0.3, 0.4) is 0 Å². The van der Waals surface area contributed by atoms with Crippen LogP contribution in [0, 0.1) is 6.92 Å². The number of carbonyl (C=O) groups excluding carboxylic acids is 1. The first-order chi connectivity index (χ1) is 9.49. The highest BCUT2D eigenvalue weighted by Crippen LogP contribution is 2.21. The summed E-state index contributed by atoms with van der Waals surface area (Å²) in [4.78, 5) is 22.1. The fourth-order valence-electron chi connectivity index (χ4n) is 1.83. The van der Waals surface area contributed by atoms with E-state index in [2.05, 4.69) is 9.98 Å². The van der Waals surface area contributed by atoms with Gasteiger partial charge < -0.3 is 4.90 Å². The van der Waals surface area contributed by atoms with Crippen LogP contribution < -0.4 is 0 Å². The van der Waals surface area contributed by atoms with E-state index in [0.29, 0.717) is 11.5 Å². The Bertz CT molecular complexity index is 638. The number of rotatable bonds is 4. The van der Waals surface area contributed by atoms with Gasteiger partial charge in [0.25, 0.3) is 0 Å². The van der Waals surface area contributed by atoms with Crippen molar-refractivity contribution in [2.45, 2.75) is 13.8 Å². The maximum Gasteiger partial charge on any atom is 0.183 e. The molecule has 0 N–H and O–H groups in total. The number of aryl methyl sites for hydroxylation is 1. The van der Waals surface area contributed by atoms with Gasteiger partial charge in [0.15, 0.2) is 11.6 Å². The first-order valence-electron chi connectivity index (χ1n) is 6.35. The predicted octanol–water partition coefficient (Wildman–Crippen LogP) is 2.60. The number of aliphatic imine (C=N–C) groups is 1. The van der Waals surface area contributed by atoms with Crippen molar-refractivity contribution in [3.63, 3.8) is 0 Å². The molecule has 0 atom stereocenters. The maximum atomic E-state index is 11.9. The Hall–Kier alpha value is -2.43. The molecule has 5 heteroatoms. The lowest BCUT2D eigenvalue weighted by Crippen LogP contribution is -2.08. The molecule has 1 heterocycles. The molecule has 0 radical (unpaired) electrons. The molecule has 104 valence electrons. The van der Waals surface area contributed by atoms with Gasteiger partial charge in [0.05, 0.1) is 6.34 Å². The molecule has 20 heavy (non-hydrogen) atoms. The number of aromatic nitrogens is 2. The molecule has 0 bridgehead atoms. The SMILES string of the molecule is CC(=O)c1c(/N=C/N(C)C)ncn1-c1ccc(C)cc1. The quantitative estimate of drug-likeness (QED) is 0.487. The highest BCUT2D eigenvalue weighted by Gasteiger charge is 2.15. The topological polar surface area (TPSA) is 50.5 Å². The molecular formula is C15H18N4O. The summed E-state index contributed by atoms with van der Waals surface area (Å²) in [6.07, 6.45) is 3.26. The smallest absolute Gasteiger partial charge is 0.183 e. The zero-order chi connectivity index (χ0) is 14.7. The Morgan fingerprint density at radius 3 is 2.50 bits per heavy atom. The largest absolute Gasteiger partial charge is 0.369 e. The van der Waals surface area contributed by atoms with Crippen molar-refractivity contribution in [1.82, 2.24) is 14.5 Å². The van der Waals surface area contributed by atoms with Crippen molar-refractivity contribution >= 4 is 17.9 Å². The molecule has 0 aliphatic carbocycles. The lowest BCUT2D eigenvalue weighted by molar-refractivity contribution is 0.101. The molecule has 1 aromatic carbocycles. The van der Waals surface area contributed by atoms with E-state index in [1.807, 2.05) is 45.3 Å². The highest BCUT2D eigenvalue weighted by atomic mass is 16.1.